The summed E-state index contributed by atoms with van der Waals surface area (Å²) in [6, 6.07) is 4.76. The van der Waals surface area contributed by atoms with Gasteiger partial charge in [0.05, 0.1) is 18.2 Å². The summed E-state index contributed by atoms with van der Waals surface area (Å²) in [6.07, 6.45) is 1.78. The molecule has 2 N–H and O–H groups in total. The smallest absolute Gasteiger partial charge is 0.410 e. The van der Waals surface area contributed by atoms with E-state index in [-0.39, 0.29) is 29.5 Å². The quantitative estimate of drug-likeness (QED) is 0.779. The molecule has 164 valence electrons. The zero-order valence-corrected chi connectivity index (χ0v) is 17.8. The van der Waals surface area contributed by atoms with Crippen molar-refractivity contribution in [3.63, 3.8) is 0 Å². The number of benzene rings is 1. The summed E-state index contributed by atoms with van der Waals surface area (Å²) in [6.45, 7) is 7.63. The molecule has 1 atom stereocenters. The first-order valence-electron chi connectivity index (χ1n) is 10.4. The second-order valence-corrected chi connectivity index (χ2v) is 8.92. The molecule has 3 rings (SSSR count). The molecule has 8 heteroatoms. The third-order valence-corrected chi connectivity index (χ3v) is 5.35. The summed E-state index contributed by atoms with van der Waals surface area (Å²) in [7, 11) is 0. The molecular formula is C22H30N2O6. The van der Waals surface area contributed by atoms with E-state index < -0.39 is 11.6 Å². The topological polar surface area (TPSA) is 105 Å². The maximum Gasteiger partial charge on any atom is 0.410 e. The number of ether oxygens (including phenoxy) is 2. The SMILES string of the molecule is CC(C)(C)OC(=O)N1CCC(c2cc(C(=O)O)cc(C(=O)NC3CCOC3)c2)CC1. The second-order valence-electron chi connectivity index (χ2n) is 8.92. The zero-order chi connectivity index (χ0) is 21.9. The van der Waals surface area contributed by atoms with Crippen LogP contribution >= 0.6 is 0 Å². The molecule has 1 unspecified atom stereocenters. The summed E-state index contributed by atoms with van der Waals surface area (Å²) in [5.41, 5.74) is 0.698. The maximum absolute atomic E-state index is 12.7. The molecule has 2 heterocycles. The highest BCUT2D eigenvalue weighted by Gasteiger charge is 2.28. The Kier molecular flexibility index (Phi) is 6.65. The van der Waals surface area contributed by atoms with Gasteiger partial charge in [-0.1, -0.05) is 0 Å². The van der Waals surface area contributed by atoms with Crippen LogP contribution in [-0.2, 0) is 9.47 Å². The predicted octanol–water partition coefficient (Wildman–Crippen LogP) is 3.02. The van der Waals surface area contributed by atoms with Crippen molar-refractivity contribution in [3.8, 4) is 0 Å². The molecule has 2 aliphatic heterocycles. The van der Waals surface area contributed by atoms with E-state index in [9.17, 15) is 19.5 Å². The Morgan fingerprint density at radius 2 is 1.77 bits per heavy atom. The molecule has 0 aliphatic carbocycles. The Bertz CT molecular complexity index is 802. The minimum atomic E-state index is -1.07. The Morgan fingerprint density at radius 3 is 2.33 bits per heavy atom. The molecule has 2 aliphatic rings. The van der Waals surface area contributed by atoms with Gasteiger partial charge >= 0.3 is 12.1 Å². The lowest BCUT2D eigenvalue weighted by Crippen LogP contribution is -2.41. The van der Waals surface area contributed by atoms with Gasteiger partial charge in [-0.25, -0.2) is 9.59 Å². The van der Waals surface area contributed by atoms with Gasteiger partial charge in [-0.15, -0.1) is 0 Å². The number of carbonyl (C=O) groups excluding carboxylic acids is 2. The minimum absolute atomic E-state index is 0.0495. The molecule has 0 spiro atoms. The van der Waals surface area contributed by atoms with Crippen molar-refractivity contribution in [1.82, 2.24) is 10.2 Å². The van der Waals surface area contributed by atoms with Crippen molar-refractivity contribution in [2.45, 2.75) is 57.6 Å². The fraction of sp³-hybridized carbons (Fsp3) is 0.591. The monoisotopic (exact) mass is 418 g/mol. The average Bonchev–Trinajstić information content (AvgIpc) is 3.19. The van der Waals surface area contributed by atoms with E-state index in [1.54, 1.807) is 17.0 Å². The third kappa shape index (κ3) is 5.72. The summed E-state index contributed by atoms with van der Waals surface area (Å²) < 4.78 is 10.7. The Balaban J connectivity index is 1.71. The number of hydrogen-bond acceptors (Lipinski definition) is 5. The standard InChI is InChI=1S/C22H30N2O6/c1-22(2,3)30-21(28)24-7-4-14(5-8-24)15-10-16(12-17(11-15)20(26)27)19(25)23-18-6-9-29-13-18/h10-12,14,18H,4-9,13H2,1-3H3,(H,23,25)(H,26,27). The van der Waals surface area contributed by atoms with Crippen molar-refractivity contribution >= 4 is 18.0 Å². The molecule has 1 aromatic carbocycles. The van der Waals surface area contributed by atoms with E-state index in [4.69, 9.17) is 9.47 Å². The molecule has 2 fully saturated rings. The Morgan fingerprint density at radius 1 is 1.10 bits per heavy atom. The Labute approximate surface area is 176 Å². The van der Waals surface area contributed by atoms with Gasteiger partial charge in [0, 0.05) is 25.3 Å². The highest BCUT2D eigenvalue weighted by atomic mass is 16.6. The van der Waals surface area contributed by atoms with Crippen LogP contribution in [0.5, 0.6) is 0 Å². The summed E-state index contributed by atoms with van der Waals surface area (Å²) in [5.74, 6) is -1.29. The van der Waals surface area contributed by atoms with Gasteiger partial charge in [0.2, 0.25) is 0 Å². The predicted molar refractivity (Wildman–Crippen MR) is 110 cm³/mol. The molecule has 30 heavy (non-hydrogen) atoms. The lowest BCUT2D eigenvalue weighted by Gasteiger charge is -2.33. The molecule has 2 saturated heterocycles. The first-order chi connectivity index (χ1) is 14.1. The summed E-state index contributed by atoms with van der Waals surface area (Å²) in [5, 5.41) is 12.4. The summed E-state index contributed by atoms with van der Waals surface area (Å²) in [4.78, 5) is 38.2. The lowest BCUT2D eigenvalue weighted by atomic mass is 9.87. The number of rotatable bonds is 4. The van der Waals surface area contributed by atoms with E-state index >= 15 is 0 Å². The molecule has 8 nitrogen and oxygen atoms in total. The van der Waals surface area contributed by atoms with E-state index in [1.165, 1.54) is 6.07 Å². The highest BCUT2D eigenvalue weighted by molar-refractivity contribution is 5.98. The zero-order valence-electron chi connectivity index (χ0n) is 17.8. The molecule has 1 aromatic rings. The largest absolute Gasteiger partial charge is 0.478 e. The first-order valence-corrected chi connectivity index (χ1v) is 10.4. The van der Waals surface area contributed by atoms with Crippen LogP contribution in [0, 0.1) is 0 Å². The van der Waals surface area contributed by atoms with Crippen molar-refractivity contribution in [1.29, 1.82) is 0 Å². The van der Waals surface area contributed by atoms with Crippen LogP contribution in [0.4, 0.5) is 4.79 Å². The van der Waals surface area contributed by atoms with Crippen molar-refractivity contribution in [2.24, 2.45) is 0 Å². The van der Waals surface area contributed by atoms with E-state index in [0.29, 0.717) is 44.7 Å². The van der Waals surface area contributed by atoms with Gasteiger partial charge in [-0.2, -0.15) is 0 Å². The van der Waals surface area contributed by atoms with E-state index in [2.05, 4.69) is 5.32 Å². The number of nitrogens with zero attached hydrogens (tertiary/aromatic N) is 1. The van der Waals surface area contributed by atoms with Gasteiger partial charge in [-0.05, 0) is 69.7 Å². The molecule has 0 bridgehead atoms. The van der Waals surface area contributed by atoms with Crippen molar-refractivity contribution in [2.75, 3.05) is 26.3 Å². The van der Waals surface area contributed by atoms with Gasteiger partial charge in [0.15, 0.2) is 0 Å². The number of carboxylic acids is 1. The number of carboxylic acid groups (broad SMARTS) is 1. The van der Waals surface area contributed by atoms with Crippen molar-refractivity contribution < 1.29 is 29.0 Å². The summed E-state index contributed by atoms with van der Waals surface area (Å²) >= 11 is 0. The minimum Gasteiger partial charge on any atom is -0.478 e. The van der Waals surface area contributed by atoms with Gasteiger partial charge in [0.25, 0.3) is 5.91 Å². The number of piperidine rings is 1. The fourth-order valence-corrected chi connectivity index (χ4v) is 3.78. The first kappa shape index (κ1) is 22.1. The lowest BCUT2D eigenvalue weighted by molar-refractivity contribution is 0.0204. The van der Waals surface area contributed by atoms with E-state index in [1.807, 2.05) is 20.8 Å². The highest BCUT2D eigenvalue weighted by Crippen LogP contribution is 2.30. The van der Waals surface area contributed by atoms with Crippen LogP contribution in [0.25, 0.3) is 0 Å². The van der Waals surface area contributed by atoms with Crippen LogP contribution in [0.15, 0.2) is 18.2 Å². The Hall–Kier alpha value is -2.61. The average molecular weight is 418 g/mol. The van der Waals surface area contributed by atoms with Gasteiger partial charge < -0.3 is 24.8 Å². The van der Waals surface area contributed by atoms with Crippen molar-refractivity contribution in [3.05, 3.63) is 34.9 Å². The molecule has 0 aromatic heterocycles. The fourth-order valence-electron chi connectivity index (χ4n) is 3.78. The van der Waals surface area contributed by atoms with Crippen LogP contribution in [-0.4, -0.2) is 65.9 Å². The number of aromatic carboxylic acids is 1. The second kappa shape index (κ2) is 9.04. The number of amides is 2. The normalized spacial score (nSPS) is 20.1. The van der Waals surface area contributed by atoms with Crippen LogP contribution in [0.3, 0.4) is 0 Å². The molecule has 0 saturated carbocycles. The number of hydrogen-bond donors (Lipinski definition) is 2. The van der Waals surface area contributed by atoms with E-state index in [0.717, 1.165) is 12.0 Å². The van der Waals surface area contributed by atoms with Crippen LogP contribution in [0.2, 0.25) is 0 Å². The molecular weight excluding hydrogens is 388 g/mol. The molecule has 0 radical (unpaired) electrons. The van der Waals surface area contributed by atoms with Crippen LogP contribution < -0.4 is 5.32 Å². The molecule has 2 amide bonds. The van der Waals surface area contributed by atoms with Gasteiger partial charge in [-0.3, -0.25) is 4.79 Å². The number of likely N-dealkylation sites (tertiary alicyclic amines) is 1. The number of nitrogens with one attached hydrogen (secondary N) is 1. The van der Waals surface area contributed by atoms with Crippen LogP contribution in [0.1, 0.15) is 72.2 Å². The number of carbonyl (C=O) groups is 3. The van der Waals surface area contributed by atoms with Gasteiger partial charge in [0.1, 0.15) is 5.60 Å². The third-order valence-electron chi connectivity index (χ3n) is 5.35. The maximum atomic E-state index is 12.7.